The van der Waals surface area contributed by atoms with Gasteiger partial charge in [0.15, 0.2) is 0 Å². The first-order valence-electron chi connectivity index (χ1n) is 7.52. The van der Waals surface area contributed by atoms with Crippen molar-refractivity contribution in [3.05, 3.63) is 0 Å². The van der Waals surface area contributed by atoms with E-state index in [0.717, 1.165) is 25.7 Å². The average molecular weight is 271 g/mol. The van der Waals surface area contributed by atoms with Crippen LogP contribution < -0.4 is 5.32 Å². The number of carbonyl (C=O) groups excluding carboxylic acids is 1. The quantitative estimate of drug-likeness (QED) is 0.566. The highest BCUT2D eigenvalue weighted by molar-refractivity contribution is 5.82. The molecule has 0 aliphatic rings. The van der Waals surface area contributed by atoms with Crippen molar-refractivity contribution in [2.24, 2.45) is 5.92 Å². The SMILES string of the molecule is CCCCCCCCC(CC)C(NC(C)=O)C(=O)O. The molecular formula is C15H29NO3. The highest BCUT2D eigenvalue weighted by Gasteiger charge is 2.26. The van der Waals surface area contributed by atoms with E-state index in [0.29, 0.717) is 0 Å². The molecule has 0 spiro atoms. The Morgan fingerprint density at radius 2 is 1.63 bits per heavy atom. The van der Waals surface area contributed by atoms with Crippen LogP contribution in [0.25, 0.3) is 0 Å². The van der Waals surface area contributed by atoms with Gasteiger partial charge in [0.05, 0.1) is 0 Å². The summed E-state index contributed by atoms with van der Waals surface area (Å²) in [6.45, 7) is 5.55. The van der Waals surface area contributed by atoms with Gasteiger partial charge in [0, 0.05) is 6.92 Å². The number of carboxylic acid groups (broad SMARTS) is 1. The van der Waals surface area contributed by atoms with Crippen molar-refractivity contribution in [3.63, 3.8) is 0 Å². The molecule has 4 heteroatoms. The molecule has 0 radical (unpaired) electrons. The summed E-state index contributed by atoms with van der Waals surface area (Å²) in [5.41, 5.74) is 0. The van der Waals surface area contributed by atoms with Crippen LogP contribution in [0.3, 0.4) is 0 Å². The van der Waals surface area contributed by atoms with E-state index in [-0.39, 0.29) is 11.8 Å². The predicted molar refractivity (Wildman–Crippen MR) is 77.0 cm³/mol. The Balaban J connectivity index is 4.07. The molecule has 4 nitrogen and oxygen atoms in total. The molecule has 0 bridgehead atoms. The normalized spacial score (nSPS) is 13.8. The number of carboxylic acids is 1. The highest BCUT2D eigenvalue weighted by atomic mass is 16.4. The molecule has 0 aromatic rings. The fourth-order valence-electron chi connectivity index (χ4n) is 2.39. The molecule has 0 aromatic heterocycles. The van der Waals surface area contributed by atoms with E-state index >= 15 is 0 Å². The maximum Gasteiger partial charge on any atom is 0.326 e. The molecule has 0 saturated heterocycles. The van der Waals surface area contributed by atoms with Gasteiger partial charge >= 0.3 is 5.97 Å². The van der Waals surface area contributed by atoms with E-state index in [1.54, 1.807) is 0 Å². The summed E-state index contributed by atoms with van der Waals surface area (Å²) in [4.78, 5) is 22.2. The van der Waals surface area contributed by atoms with Crippen LogP contribution in [-0.4, -0.2) is 23.0 Å². The zero-order valence-electron chi connectivity index (χ0n) is 12.6. The summed E-state index contributed by atoms with van der Waals surface area (Å²) in [5, 5.41) is 11.7. The van der Waals surface area contributed by atoms with Gasteiger partial charge in [-0.25, -0.2) is 4.79 Å². The summed E-state index contributed by atoms with van der Waals surface area (Å²) < 4.78 is 0. The van der Waals surface area contributed by atoms with Crippen LogP contribution in [0.2, 0.25) is 0 Å². The maximum atomic E-state index is 11.2. The number of hydrogen-bond donors (Lipinski definition) is 2. The molecule has 2 atom stereocenters. The first-order chi connectivity index (χ1) is 9.02. The van der Waals surface area contributed by atoms with Crippen molar-refractivity contribution in [1.29, 1.82) is 0 Å². The molecule has 0 aromatic carbocycles. The predicted octanol–water partition coefficient (Wildman–Crippen LogP) is 3.35. The Kier molecular flexibility index (Phi) is 10.2. The van der Waals surface area contributed by atoms with Crippen molar-refractivity contribution in [2.75, 3.05) is 0 Å². The van der Waals surface area contributed by atoms with Gasteiger partial charge in [0.2, 0.25) is 5.91 Å². The van der Waals surface area contributed by atoms with Gasteiger partial charge in [0.25, 0.3) is 0 Å². The topological polar surface area (TPSA) is 66.4 Å². The average Bonchev–Trinajstić information content (AvgIpc) is 2.35. The second-order valence-corrected chi connectivity index (χ2v) is 5.24. The van der Waals surface area contributed by atoms with Crippen LogP contribution in [0.5, 0.6) is 0 Å². The van der Waals surface area contributed by atoms with Gasteiger partial charge in [-0.05, 0) is 12.3 Å². The third-order valence-electron chi connectivity index (χ3n) is 3.55. The number of aliphatic carboxylic acids is 1. The third kappa shape index (κ3) is 8.62. The van der Waals surface area contributed by atoms with Gasteiger partial charge in [-0.3, -0.25) is 4.79 Å². The number of carbonyl (C=O) groups is 2. The molecule has 0 fully saturated rings. The van der Waals surface area contributed by atoms with Crippen molar-refractivity contribution in [3.8, 4) is 0 Å². The number of amides is 1. The molecule has 19 heavy (non-hydrogen) atoms. The van der Waals surface area contributed by atoms with E-state index in [4.69, 9.17) is 0 Å². The number of hydrogen-bond acceptors (Lipinski definition) is 2. The van der Waals surface area contributed by atoms with Crippen LogP contribution in [0.1, 0.15) is 72.1 Å². The third-order valence-corrected chi connectivity index (χ3v) is 3.55. The second kappa shape index (κ2) is 10.8. The lowest BCUT2D eigenvalue weighted by molar-refractivity contribution is -0.143. The van der Waals surface area contributed by atoms with Gasteiger partial charge in [0.1, 0.15) is 6.04 Å². The lowest BCUT2D eigenvalue weighted by Gasteiger charge is -2.23. The fourth-order valence-corrected chi connectivity index (χ4v) is 2.39. The largest absolute Gasteiger partial charge is 0.480 e. The lowest BCUT2D eigenvalue weighted by atomic mass is 9.90. The minimum Gasteiger partial charge on any atom is -0.480 e. The minimum absolute atomic E-state index is 0.0348. The standard InChI is InChI=1S/C15H29NO3/c1-4-6-7-8-9-10-11-13(5-2)14(15(18)19)16-12(3)17/h13-14H,4-11H2,1-3H3,(H,16,17)(H,18,19). The van der Waals surface area contributed by atoms with E-state index in [1.807, 2.05) is 6.92 Å². The molecule has 0 rings (SSSR count). The first-order valence-corrected chi connectivity index (χ1v) is 7.52. The smallest absolute Gasteiger partial charge is 0.326 e. The highest BCUT2D eigenvalue weighted by Crippen LogP contribution is 2.19. The Morgan fingerprint density at radius 1 is 1.05 bits per heavy atom. The fraction of sp³-hybridized carbons (Fsp3) is 0.867. The van der Waals surface area contributed by atoms with Gasteiger partial charge in [-0.1, -0.05) is 58.8 Å². The Bertz CT molecular complexity index is 266. The number of unbranched alkanes of at least 4 members (excludes halogenated alkanes) is 5. The summed E-state index contributed by atoms with van der Waals surface area (Å²) in [7, 11) is 0. The van der Waals surface area contributed by atoms with Crippen molar-refractivity contribution in [2.45, 2.75) is 78.2 Å². The lowest BCUT2D eigenvalue weighted by Crippen LogP contribution is -2.45. The zero-order chi connectivity index (χ0) is 14.7. The Labute approximate surface area is 117 Å². The molecular weight excluding hydrogens is 242 g/mol. The molecule has 112 valence electrons. The van der Waals surface area contributed by atoms with Gasteiger partial charge < -0.3 is 10.4 Å². The molecule has 0 aliphatic heterocycles. The van der Waals surface area contributed by atoms with Crippen molar-refractivity contribution < 1.29 is 14.7 Å². The van der Waals surface area contributed by atoms with Crippen molar-refractivity contribution >= 4 is 11.9 Å². The second-order valence-electron chi connectivity index (χ2n) is 5.24. The number of rotatable bonds is 11. The molecule has 2 N–H and O–H groups in total. The molecule has 0 heterocycles. The molecule has 2 unspecified atom stereocenters. The minimum atomic E-state index is -0.923. The van der Waals surface area contributed by atoms with Gasteiger partial charge in [-0.15, -0.1) is 0 Å². The molecule has 0 saturated carbocycles. The van der Waals surface area contributed by atoms with Crippen LogP contribution in [-0.2, 0) is 9.59 Å². The summed E-state index contributed by atoms with van der Waals surface area (Å²) in [6, 6.07) is -0.738. The van der Waals surface area contributed by atoms with Crippen LogP contribution in [0.15, 0.2) is 0 Å². The van der Waals surface area contributed by atoms with E-state index in [9.17, 15) is 14.7 Å². The molecule has 0 aliphatic carbocycles. The summed E-state index contributed by atoms with van der Waals surface area (Å²) in [6.07, 6.45) is 8.87. The van der Waals surface area contributed by atoms with E-state index in [1.165, 1.54) is 32.6 Å². The maximum absolute atomic E-state index is 11.2. The van der Waals surface area contributed by atoms with Crippen LogP contribution in [0.4, 0.5) is 0 Å². The van der Waals surface area contributed by atoms with E-state index in [2.05, 4.69) is 12.2 Å². The van der Waals surface area contributed by atoms with Crippen molar-refractivity contribution in [1.82, 2.24) is 5.32 Å². The Hall–Kier alpha value is -1.06. The Morgan fingerprint density at radius 3 is 2.11 bits per heavy atom. The van der Waals surface area contributed by atoms with Gasteiger partial charge in [-0.2, -0.15) is 0 Å². The van der Waals surface area contributed by atoms with Crippen LogP contribution >= 0.6 is 0 Å². The van der Waals surface area contributed by atoms with E-state index < -0.39 is 12.0 Å². The monoisotopic (exact) mass is 271 g/mol. The zero-order valence-corrected chi connectivity index (χ0v) is 12.6. The first kappa shape index (κ1) is 17.9. The molecule has 1 amide bonds. The number of nitrogens with one attached hydrogen (secondary N) is 1. The summed E-state index contributed by atoms with van der Waals surface area (Å²) >= 11 is 0. The van der Waals surface area contributed by atoms with Crippen LogP contribution in [0, 0.1) is 5.92 Å². The summed E-state index contributed by atoms with van der Waals surface area (Å²) in [5.74, 6) is -1.16.